The number of nitrogens with two attached hydrogens (primary N) is 1. The molecule has 4 heterocycles. The molecular formula is C67H81Cl5FN3O11S. The number of carboxylic acid groups (broad SMARTS) is 1. The van der Waals surface area contributed by atoms with Crippen LogP contribution in [0.3, 0.4) is 0 Å². The number of benzene rings is 5. The first-order chi connectivity index (χ1) is 42.2. The fourth-order valence-corrected chi connectivity index (χ4v) is 10.8. The van der Waals surface area contributed by atoms with Crippen LogP contribution in [0.25, 0.3) is 17.0 Å². The van der Waals surface area contributed by atoms with E-state index in [2.05, 4.69) is 136 Å². The quantitative estimate of drug-likeness (QED) is 0.0632. The van der Waals surface area contributed by atoms with Crippen LogP contribution in [0.2, 0.25) is 0 Å². The third kappa shape index (κ3) is 18.2. The van der Waals surface area contributed by atoms with Gasteiger partial charge in [0.05, 0.1) is 30.1 Å². The van der Waals surface area contributed by atoms with Crippen LogP contribution in [0, 0.1) is 5.41 Å². The number of nitrogens with zero attached hydrogens (tertiary/aromatic N) is 1. The van der Waals surface area contributed by atoms with Gasteiger partial charge in [-0.05, 0) is 187 Å². The predicted octanol–water partition coefficient (Wildman–Crippen LogP) is 16.4. The van der Waals surface area contributed by atoms with Gasteiger partial charge >= 0.3 is 5.97 Å². The Morgan fingerprint density at radius 3 is 1.48 bits per heavy atom. The summed E-state index contributed by atoms with van der Waals surface area (Å²) in [6, 6.07) is 31.6. The second-order valence-electron chi connectivity index (χ2n) is 23.9. The number of nitrogen functional groups attached to an aromatic ring is 1. The molecule has 14 nitrogen and oxygen atoms in total. The number of nitrogens with one attached hydrogen (secondary N) is 1. The second kappa shape index (κ2) is 31.3. The van der Waals surface area contributed by atoms with Gasteiger partial charge in [-0.25, -0.2) is 4.21 Å². The molecule has 0 bridgehead atoms. The standard InChI is InChI=1S/C24H25NO3.C13H17N.C11H9ClO3.C11H10O4.C6H15N.CH2Cl2.CH3F.Cl2OS/c1-23(2,3)21-12-16-10-15(4-6-18(16)25-21)11-22(26)24(8-9-24)17-5-7-19-20(13-17)28-14-27-19;1-13(2,3)11-6-9-4-5-12(14)8-10(9)7-11;2*12-10(13)11(3-4-11)7-1-2-8-9(5-7)15-6-14-8;1-4-7(5-2)6-3;2-1-3;1-2;1-4(2)3/h4-7,10,12-13,25H,8-9,11,14H2,1-3H3;4-6,8H,7,14H2,1-3H3;1-2,5H,3-4,6H2;1-2,5H,3-4,6H2,(H,12,13);4-6H2,1-3H3;1H2;1H3;/i;;;;;;1D;. The van der Waals surface area contributed by atoms with Gasteiger partial charge in [0.2, 0.25) is 34.8 Å². The zero-order valence-electron chi connectivity index (χ0n) is 52.4. The molecule has 4 aliphatic carbocycles. The van der Waals surface area contributed by atoms with Crippen molar-refractivity contribution in [2.45, 2.75) is 135 Å². The average molecular weight is 1330 g/mol. The molecular weight excluding hydrogens is 1250 g/mol. The summed E-state index contributed by atoms with van der Waals surface area (Å²) in [7, 11) is 6.36. The highest BCUT2D eigenvalue weighted by Crippen LogP contribution is 2.54. The van der Waals surface area contributed by atoms with E-state index in [9.17, 15) is 18.8 Å². The number of anilines is 1. The number of alkyl halides is 3. The molecule has 0 atom stereocenters. The van der Waals surface area contributed by atoms with Crippen LogP contribution in [0.1, 0.15) is 141 Å². The summed E-state index contributed by atoms with van der Waals surface area (Å²) in [5.41, 5.74) is 15.9. The van der Waals surface area contributed by atoms with Crippen molar-refractivity contribution in [3.8, 4) is 34.5 Å². The highest BCUT2D eigenvalue weighted by atomic mass is 36.0. The molecule has 4 N–H and O–H groups in total. The van der Waals surface area contributed by atoms with Gasteiger partial charge in [-0.15, -0.1) is 23.2 Å². The van der Waals surface area contributed by atoms with Crippen molar-refractivity contribution in [2.24, 2.45) is 5.41 Å². The molecule has 0 unspecified atom stereocenters. The summed E-state index contributed by atoms with van der Waals surface area (Å²) in [6.07, 6.45) is 8.71. The van der Waals surface area contributed by atoms with Gasteiger partial charge in [0.1, 0.15) is 5.78 Å². The van der Waals surface area contributed by atoms with E-state index in [4.69, 9.17) is 79.6 Å². The fourth-order valence-electron chi connectivity index (χ4n) is 10.5. The van der Waals surface area contributed by atoms with E-state index in [1.54, 1.807) is 12.1 Å². The zero-order valence-corrected chi connectivity index (χ0v) is 56.0. The third-order valence-electron chi connectivity index (χ3n) is 16.4. The Hall–Kier alpha value is -5.72. The monoisotopic (exact) mass is 1330 g/mol. The van der Waals surface area contributed by atoms with Crippen LogP contribution in [0.5, 0.6) is 34.5 Å². The van der Waals surface area contributed by atoms with Gasteiger partial charge in [0.25, 0.3) is 0 Å². The number of carboxylic acids is 1. The number of Topliss-reactive ketones (excluding diaryl/α,β-unsaturated/α-hetero) is 1. The molecule has 13 rings (SSSR count). The van der Waals surface area contributed by atoms with Gasteiger partial charge in [-0.1, -0.05) is 104 Å². The second-order valence-corrected chi connectivity index (χ2v) is 27.6. The number of aromatic amines is 1. The van der Waals surface area contributed by atoms with E-state index < -0.39 is 33.2 Å². The number of allylic oxidation sites excluding steroid dienone is 1. The average Bonchev–Trinajstić information content (AvgIpc) is 1.68. The van der Waals surface area contributed by atoms with Crippen molar-refractivity contribution >= 4 is 105 Å². The summed E-state index contributed by atoms with van der Waals surface area (Å²) in [4.78, 5) is 41.5. The number of hydrogen-bond acceptors (Lipinski definition) is 12. The number of aliphatic carboxylic acids is 1. The molecule has 3 fully saturated rings. The van der Waals surface area contributed by atoms with Crippen LogP contribution < -0.4 is 34.2 Å². The van der Waals surface area contributed by atoms with E-state index in [0.29, 0.717) is 36.5 Å². The molecule has 3 aliphatic heterocycles. The summed E-state index contributed by atoms with van der Waals surface area (Å²) in [5, 5.41) is 10.2. The molecule has 0 amide bonds. The number of ether oxygens (including phenoxy) is 6. The molecule has 0 radical (unpaired) electrons. The lowest BCUT2D eigenvalue weighted by atomic mass is 9.85. The van der Waals surface area contributed by atoms with Crippen LogP contribution in [-0.4, -0.2) is 88.7 Å². The first kappa shape index (κ1) is 69.7. The summed E-state index contributed by atoms with van der Waals surface area (Å²) >= 11 is 15.1. The van der Waals surface area contributed by atoms with Gasteiger partial charge < -0.3 is 49.1 Å². The lowest BCUT2D eigenvalue weighted by molar-refractivity contribution is -0.140. The van der Waals surface area contributed by atoms with E-state index in [-0.39, 0.29) is 53.0 Å². The minimum atomic E-state index is -1.67. The van der Waals surface area contributed by atoms with Crippen molar-refractivity contribution < 1.29 is 57.9 Å². The van der Waals surface area contributed by atoms with E-state index in [1.807, 2.05) is 48.5 Å². The summed E-state index contributed by atoms with van der Waals surface area (Å²) in [6.45, 7) is 24.2. The summed E-state index contributed by atoms with van der Waals surface area (Å²) < 4.78 is 56.4. The number of H-pyrrole nitrogens is 1. The zero-order chi connectivity index (χ0) is 65.5. The SMILES string of the molecule is CC(C)(C)C1=Cc2ccc(N)cc2C1.CC(C)(C)c1cc2cc(CC(=O)C3(c4ccc5c(c4)OCO5)CC3)ccc2[nH]1.CCN(CC)CC.ClCCl.O=C(Cl)C1(c2ccc3c(c2)OCO3)CC1.O=C(O)C1(c2ccc3c(c2)OCO3)CC1.O=S(Cl)Cl.[2H]CF. The Morgan fingerprint density at radius 1 is 0.659 bits per heavy atom. The fraction of sp³-hybridized carbons (Fsp3) is 0.448. The Kier molecular flexibility index (Phi) is 24.8. The molecule has 5 aromatic carbocycles. The van der Waals surface area contributed by atoms with Crippen molar-refractivity contribution in [3.63, 3.8) is 0 Å². The minimum absolute atomic E-state index is 0.0758. The maximum absolute atomic E-state index is 13.2. The Balaban J connectivity index is 0.000000180. The molecule has 7 aliphatic rings. The number of rotatable bonds is 11. The number of halogens is 6. The van der Waals surface area contributed by atoms with Crippen molar-refractivity contribution in [3.05, 3.63) is 142 Å². The maximum Gasteiger partial charge on any atom is 0.314 e. The van der Waals surface area contributed by atoms with Crippen LogP contribution >= 0.6 is 56.2 Å². The van der Waals surface area contributed by atoms with Crippen LogP contribution in [-0.2, 0) is 58.1 Å². The summed E-state index contributed by atoms with van der Waals surface area (Å²) in [5.74, 6) is 3.84. The first-order valence-corrected chi connectivity index (χ1v) is 33.2. The lowest BCUT2D eigenvalue weighted by Crippen LogP contribution is -2.22. The van der Waals surface area contributed by atoms with Crippen molar-refractivity contribution in [1.82, 2.24) is 9.88 Å². The number of hydrogen-bond donors (Lipinski definition) is 3. The van der Waals surface area contributed by atoms with Gasteiger partial charge in [-0.2, -0.15) is 0 Å². The van der Waals surface area contributed by atoms with Crippen molar-refractivity contribution in [2.75, 3.05) is 58.2 Å². The number of fused-ring (bicyclic) bond motifs is 5. The van der Waals surface area contributed by atoms with E-state index >= 15 is 0 Å². The topological polar surface area (TPSA) is 189 Å². The van der Waals surface area contributed by atoms with Crippen LogP contribution in [0.15, 0.2) is 103 Å². The van der Waals surface area contributed by atoms with Gasteiger partial charge in [0.15, 0.2) is 34.5 Å². The number of aromatic nitrogens is 1. The third-order valence-corrected chi connectivity index (χ3v) is 16.7. The number of ketones is 1. The highest BCUT2D eigenvalue weighted by Gasteiger charge is 2.53. The first-order valence-electron chi connectivity index (χ1n) is 29.7. The molecule has 21 heteroatoms. The Bertz CT molecular complexity index is 3370. The molecule has 88 heavy (non-hydrogen) atoms. The predicted molar refractivity (Wildman–Crippen MR) is 354 cm³/mol. The van der Waals surface area contributed by atoms with Gasteiger partial charge in [-0.3, -0.25) is 18.8 Å². The minimum Gasteiger partial charge on any atom is -0.481 e. The lowest BCUT2D eigenvalue weighted by Gasteiger charge is -2.20. The smallest absolute Gasteiger partial charge is 0.314 e. The molecule has 0 saturated heterocycles. The molecule has 0 spiro atoms. The number of carbonyl (C=O) groups excluding carboxylic acids is 2. The number of carbonyl (C=O) groups is 3. The molecule has 478 valence electrons. The molecule has 6 aromatic rings. The van der Waals surface area contributed by atoms with Gasteiger partial charge in [0, 0.05) is 50.1 Å². The Labute approximate surface area is 544 Å². The van der Waals surface area contributed by atoms with E-state index in [0.717, 1.165) is 82.8 Å². The maximum atomic E-state index is 13.2. The van der Waals surface area contributed by atoms with Crippen molar-refractivity contribution in [1.29, 1.82) is 0 Å². The highest BCUT2D eigenvalue weighted by molar-refractivity contribution is 8.26. The Morgan fingerprint density at radius 2 is 1.09 bits per heavy atom. The van der Waals surface area contributed by atoms with E-state index in [1.165, 1.54) is 47.4 Å². The normalized spacial score (nSPS) is 16.3. The molecule has 3 saturated carbocycles. The molecule has 1 aromatic heterocycles. The van der Waals surface area contributed by atoms with Crippen LogP contribution in [0.4, 0.5) is 10.1 Å². The largest absolute Gasteiger partial charge is 0.481 e.